The molecule has 0 fully saturated rings. The number of hydrogen-bond donors (Lipinski definition) is 3. The molecule has 4 aromatic carbocycles. The van der Waals surface area contributed by atoms with E-state index in [0.717, 1.165) is 11.1 Å². The molecule has 2 atom stereocenters. The van der Waals surface area contributed by atoms with Crippen molar-refractivity contribution in [3.05, 3.63) is 107 Å². The fourth-order valence-corrected chi connectivity index (χ4v) is 5.30. The molecule has 2 unspecified atom stereocenters. The van der Waals surface area contributed by atoms with Crippen molar-refractivity contribution in [1.82, 2.24) is 0 Å². The average Bonchev–Trinajstić information content (AvgIpc) is 2.99. The first-order valence-corrected chi connectivity index (χ1v) is 13.0. The molecule has 8 nitrogen and oxygen atoms in total. The predicted molar refractivity (Wildman–Crippen MR) is 154 cm³/mol. The normalized spacial score (nSPS) is 16.1. The number of carbonyl (C=O) groups is 1. The van der Waals surface area contributed by atoms with E-state index in [9.17, 15) is 20.1 Å². The molecule has 1 aliphatic heterocycles. The number of aromatic hydroxyl groups is 3. The third-order valence-corrected chi connectivity index (χ3v) is 7.19. The number of carbonyl (C=O) groups excluding carboxylic acids is 1. The number of ether oxygens (including phenoxy) is 4. The molecule has 0 spiro atoms. The van der Waals surface area contributed by atoms with Crippen LogP contribution < -0.4 is 18.9 Å². The molecule has 1 heterocycles. The lowest BCUT2D eigenvalue weighted by Crippen LogP contribution is -2.22. The Morgan fingerprint density at radius 1 is 0.829 bits per heavy atom. The van der Waals surface area contributed by atoms with Gasteiger partial charge in [-0.15, -0.1) is 0 Å². The molecule has 1 aliphatic rings. The maximum atomic E-state index is 13.5. The maximum Gasteiger partial charge on any atom is 0.203 e. The highest BCUT2D eigenvalue weighted by molar-refractivity contribution is 6.11. The fourth-order valence-electron chi connectivity index (χ4n) is 5.30. The molecule has 4 aromatic rings. The van der Waals surface area contributed by atoms with E-state index in [4.69, 9.17) is 18.9 Å². The Hall–Kier alpha value is -5.11. The first kappa shape index (κ1) is 27.5. The zero-order valence-electron chi connectivity index (χ0n) is 22.8. The zero-order chi connectivity index (χ0) is 29.1. The van der Waals surface area contributed by atoms with E-state index in [1.54, 1.807) is 6.08 Å². The Bertz CT molecular complexity index is 1600. The Morgan fingerprint density at radius 2 is 1.46 bits per heavy atom. The number of ketones is 1. The van der Waals surface area contributed by atoms with Gasteiger partial charge in [-0.3, -0.25) is 4.79 Å². The van der Waals surface area contributed by atoms with E-state index in [1.165, 1.54) is 39.5 Å². The summed E-state index contributed by atoms with van der Waals surface area (Å²) in [5, 5.41) is 33.6. The quantitative estimate of drug-likeness (QED) is 0.170. The summed E-state index contributed by atoms with van der Waals surface area (Å²) in [4.78, 5) is 13.5. The Morgan fingerprint density at radius 3 is 2.10 bits per heavy atom. The van der Waals surface area contributed by atoms with Crippen molar-refractivity contribution in [2.24, 2.45) is 0 Å². The first-order valence-electron chi connectivity index (χ1n) is 13.0. The lowest BCUT2D eigenvalue weighted by molar-refractivity contribution is 0.104. The largest absolute Gasteiger partial charge is 0.507 e. The van der Waals surface area contributed by atoms with Crippen molar-refractivity contribution in [1.29, 1.82) is 0 Å². The summed E-state index contributed by atoms with van der Waals surface area (Å²) in [6, 6.07) is 21.4. The van der Waals surface area contributed by atoms with E-state index in [2.05, 4.69) is 0 Å². The van der Waals surface area contributed by atoms with Crippen molar-refractivity contribution in [3.63, 3.8) is 0 Å². The van der Waals surface area contributed by atoms with Crippen molar-refractivity contribution < 1.29 is 39.1 Å². The second kappa shape index (κ2) is 11.6. The van der Waals surface area contributed by atoms with Gasteiger partial charge in [0.25, 0.3) is 0 Å². The highest BCUT2D eigenvalue weighted by atomic mass is 16.5. The van der Waals surface area contributed by atoms with E-state index in [-0.39, 0.29) is 52.0 Å². The summed E-state index contributed by atoms with van der Waals surface area (Å²) in [6.07, 6.45) is 2.70. The summed E-state index contributed by atoms with van der Waals surface area (Å²) in [6.45, 7) is 0. The van der Waals surface area contributed by atoms with Gasteiger partial charge >= 0.3 is 0 Å². The minimum absolute atomic E-state index is 0.0219. The van der Waals surface area contributed by atoms with Crippen LogP contribution in [0.5, 0.6) is 40.2 Å². The van der Waals surface area contributed by atoms with Crippen molar-refractivity contribution in [2.45, 2.75) is 18.4 Å². The Labute approximate surface area is 237 Å². The number of benzene rings is 4. The summed E-state index contributed by atoms with van der Waals surface area (Å²) < 4.78 is 22.9. The number of phenols is 3. The Balaban J connectivity index is 1.71. The molecule has 0 aromatic heterocycles. The summed E-state index contributed by atoms with van der Waals surface area (Å²) >= 11 is 0. The fraction of sp³-hybridized carbons (Fsp3) is 0.182. The monoisotopic (exact) mass is 554 g/mol. The van der Waals surface area contributed by atoms with E-state index in [1.807, 2.05) is 60.7 Å². The first-order chi connectivity index (χ1) is 19.9. The van der Waals surface area contributed by atoms with Crippen LogP contribution in [0.1, 0.15) is 51.1 Å². The molecule has 210 valence electrons. The molecule has 0 aliphatic carbocycles. The SMILES string of the molecule is COc1cc(O)c(C2CC(c3ccccc3)Oc3c(OC)c(O)cc(OC)c32)c(O)c1C(=O)C=Cc1ccccc1. The smallest absolute Gasteiger partial charge is 0.203 e. The summed E-state index contributed by atoms with van der Waals surface area (Å²) in [5.74, 6) is -1.56. The lowest BCUT2D eigenvalue weighted by Gasteiger charge is -2.35. The molecular formula is C33H30O8. The molecule has 0 saturated carbocycles. The Kier molecular flexibility index (Phi) is 7.74. The predicted octanol–water partition coefficient (Wildman–Crippen LogP) is 6.38. The minimum atomic E-state index is -0.732. The molecule has 0 radical (unpaired) electrons. The number of allylic oxidation sites excluding steroid dienone is 1. The topological polar surface area (TPSA) is 115 Å². The van der Waals surface area contributed by atoms with Crippen LogP contribution in [0.4, 0.5) is 0 Å². The maximum absolute atomic E-state index is 13.5. The van der Waals surface area contributed by atoms with Gasteiger partial charge in [0.15, 0.2) is 17.3 Å². The van der Waals surface area contributed by atoms with Crippen molar-refractivity contribution in [3.8, 4) is 40.2 Å². The number of phenolic OH excluding ortho intramolecular Hbond substituents is 3. The zero-order valence-corrected chi connectivity index (χ0v) is 22.8. The molecule has 3 N–H and O–H groups in total. The molecule has 41 heavy (non-hydrogen) atoms. The number of hydrogen-bond acceptors (Lipinski definition) is 8. The third kappa shape index (κ3) is 5.12. The molecule has 0 saturated heterocycles. The van der Waals surface area contributed by atoms with E-state index in [0.29, 0.717) is 5.56 Å². The van der Waals surface area contributed by atoms with Gasteiger partial charge in [-0.05, 0) is 17.2 Å². The van der Waals surface area contributed by atoms with Crippen LogP contribution in [0.3, 0.4) is 0 Å². The second-order valence-electron chi connectivity index (χ2n) is 9.52. The summed E-state index contributed by atoms with van der Waals surface area (Å²) in [7, 11) is 4.21. The van der Waals surface area contributed by atoms with Crippen LogP contribution in [0.15, 0.2) is 78.9 Å². The molecular weight excluding hydrogens is 524 g/mol. The van der Waals surface area contributed by atoms with E-state index < -0.39 is 23.6 Å². The third-order valence-electron chi connectivity index (χ3n) is 7.19. The highest BCUT2D eigenvalue weighted by Crippen LogP contribution is 2.58. The van der Waals surface area contributed by atoms with Crippen LogP contribution in [0.25, 0.3) is 6.08 Å². The van der Waals surface area contributed by atoms with Gasteiger partial charge in [-0.2, -0.15) is 0 Å². The van der Waals surface area contributed by atoms with Crippen LogP contribution in [-0.4, -0.2) is 42.4 Å². The average molecular weight is 555 g/mol. The van der Waals surface area contributed by atoms with Gasteiger partial charge in [0.2, 0.25) is 5.75 Å². The van der Waals surface area contributed by atoms with Crippen LogP contribution >= 0.6 is 0 Å². The van der Waals surface area contributed by atoms with Crippen LogP contribution in [-0.2, 0) is 0 Å². The number of fused-ring (bicyclic) bond motifs is 1. The molecule has 0 bridgehead atoms. The van der Waals surface area contributed by atoms with Gasteiger partial charge in [-0.1, -0.05) is 66.7 Å². The molecule has 8 heteroatoms. The number of methoxy groups -OCH3 is 3. The second-order valence-corrected chi connectivity index (χ2v) is 9.52. The standard InChI is InChI=1S/C33H30O8/c1-38-26-18-24(36)32(40-3)33-29(26)21(16-25(41-33)20-12-8-5-9-13-20)28-23(35)17-27(39-2)30(31(28)37)22(34)15-14-19-10-6-4-7-11-19/h4-15,17-18,21,25,35-37H,16H2,1-3H3. The van der Waals surface area contributed by atoms with Gasteiger partial charge in [-0.25, -0.2) is 0 Å². The van der Waals surface area contributed by atoms with Crippen molar-refractivity contribution in [2.75, 3.05) is 21.3 Å². The van der Waals surface area contributed by atoms with Crippen molar-refractivity contribution >= 4 is 11.9 Å². The van der Waals surface area contributed by atoms with Gasteiger partial charge in [0, 0.05) is 35.6 Å². The van der Waals surface area contributed by atoms with Gasteiger partial charge in [0.1, 0.15) is 34.7 Å². The van der Waals surface area contributed by atoms with E-state index >= 15 is 0 Å². The summed E-state index contributed by atoms with van der Waals surface area (Å²) in [5.41, 5.74) is 2.09. The molecule has 0 amide bonds. The highest BCUT2D eigenvalue weighted by Gasteiger charge is 2.40. The van der Waals surface area contributed by atoms with Crippen LogP contribution in [0.2, 0.25) is 0 Å². The molecule has 5 rings (SSSR count). The number of rotatable bonds is 8. The van der Waals surface area contributed by atoms with Crippen LogP contribution in [0, 0.1) is 0 Å². The van der Waals surface area contributed by atoms with Gasteiger partial charge in [0.05, 0.1) is 21.3 Å². The lowest BCUT2D eigenvalue weighted by atomic mass is 9.80. The van der Waals surface area contributed by atoms with Gasteiger partial charge < -0.3 is 34.3 Å². The minimum Gasteiger partial charge on any atom is -0.507 e.